The van der Waals surface area contributed by atoms with E-state index >= 15 is 0 Å². The number of piperazine rings is 1. The van der Waals surface area contributed by atoms with Gasteiger partial charge in [0.15, 0.2) is 0 Å². The van der Waals surface area contributed by atoms with Crippen LogP contribution in [0.4, 0.5) is 5.69 Å². The first-order valence-electron chi connectivity index (χ1n) is 6.72. The van der Waals surface area contributed by atoms with Crippen molar-refractivity contribution < 1.29 is 9.59 Å². The Morgan fingerprint density at radius 1 is 1.30 bits per heavy atom. The first kappa shape index (κ1) is 15.0. The van der Waals surface area contributed by atoms with Crippen molar-refractivity contribution in [1.82, 2.24) is 5.32 Å². The van der Waals surface area contributed by atoms with Gasteiger partial charge < -0.3 is 5.32 Å². The second-order valence-corrected chi connectivity index (χ2v) is 6.44. The summed E-state index contributed by atoms with van der Waals surface area (Å²) in [4.78, 5) is 26.4. The summed E-state index contributed by atoms with van der Waals surface area (Å²) in [6.07, 6.45) is 0. The highest BCUT2D eigenvalue weighted by molar-refractivity contribution is 9.10. The maximum absolute atomic E-state index is 12.5. The van der Waals surface area contributed by atoms with Gasteiger partial charge in [0, 0.05) is 4.47 Å². The maximum atomic E-state index is 12.5. The number of halogens is 1. The average Bonchev–Trinajstić information content (AvgIpc) is 2.33. The summed E-state index contributed by atoms with van der Waals surface area (Å²) < 4.78 is 0.832. The van der Waals surface area contributed by atoms with Crippen LogP contribution in [0.2, 0.25) is 0 Å². The molecule has 108 valence electrons. The number of aryl methyl sites for hydroxylation is 1. The lowest BCUT2D eigenvalue weighted by atomic mass is 9.96. The lowest BCUT2D eigenvalue weighted by Crippen LogP contribution is -2.64. The second-order valence-electron chi connectivity index (χ2n) is 5.58. The van der Waals surface area contributed by atoms with Gasteiger partial charge in [-0.05, 0) is 53.4 Å². The van der Waals surface area contributed by atoms with Gasteiger partial charge in [-0.25, -0.2) is 0 Å². The molecule has 1 fully saturated rings. The van der Waals surface area contributed by atoms with E-state index in [1.54, 1.807) is 11.8 Å². The first-order valence-corrected chi connectivity index (χ1v) is 7.52. The molecule has 2 atom stereocenters. The summed E-state index contributed by atoms with van der Waals surface area (Å²) in [5.41, 5.74) is 1.85. The molecule has 1 aromatic carbocycles. The minimum atomic E-state index is -0.495. The number of carbonyl (C=O) groups excluding carboxylic acids is 2. The molecule has 2 unspecified atom stereocenters. The number of carbonyl (C=O) groups is 2. The SMILES string of the molecule is Cc1ccc(N2C(=O)C(C)NC(=O)C2C(C)C)c(Br)c1. The Kier molecular flexibility index (Phi) is 4.18. The van der Waals surface area contributed by atoms with Gasteiger partial charge >= 0.3 is 0 Å². The molecular weight excluding hydrogens is 320 g/mol. The summed E-state index contributed by atoms with van der Waals surface area (Å²) in [6.45, 7) is 7.60. The fraction of sp³-hybridized carbons (Fsp3) is 0.467. The van der Waals surface area contributed by atoms with Crippen LogP contribution < -0.4 is 10.2 Å². The van der Waals surface area contributed by atoms with E-state index in [1.807, 2.05) is 39.0 Å². The Labute approximate surface area is 127 Å². The van der Waals surface area contributed by atoms with Gasteiger partial charge in [0.2, 0.25) is 11.8 Å². The smallest absolute Gasteiger partial charge is 0.250 e. The molecule has 20 heavy (non-hydrogen) atoms. The van der Waals surface area contributed by atoms with E-state index in [0.29, 0.717) is 0 Å². The quantitative estimate of drug-likeness (QED) is 0.901. The van der Waals surface area contributed by atoms with Gasteiger partial charge in [0.25, 0.3) is 0 Å². The third kappa shape index (κ3) is 2.59. The Balaban J connectivity index is 2.52. The van der Waals surface area contributed by atoms with E-state index in [1.165, 1.54) is 0 Å². The molecule has 1 heterocycles. The largest absolute Gasteiger partial charge is 0.343 e. The fourth-order valence-electron chi connectivity index (χ4n) is 2.50. The molecule has 1 N–H and O–H groups in total. The van der Waals surface area contributed by atoms with Crippen LogP contribution >= 0.6 is 15.9 Å². The molecule has 0 aliphatic carbocycles. The lowest BCUT2D eigenvalue weighted by molar-refractivity contribution is -0.134. The minimum Gasteiger partial charge on any atom is -0.343 e. The summed E-state index contributed by atoms with van der Waals surface area (Å²) in [5.74, 6) is -0.132. The lowest BCUT2D eigenvalue weighted by Gasteiger charge is -2.40. The van der Waals surface area contributed by atoms with Gasteiger partial charge in [-0.3, -0.25) is 14.5 Å². The summed E-state index contributed by atoms with van der Waals surface area (Å²) >= 11 is 3.50. The highest BCUT2D eigenvalue weighted by atomic mass is 79.9. The van der Waals surface area contributed by atoms with Crippen molar-refractivity contribution in [2.75, 3.05) is 4.90 Å². The number of hydrogen-bond donors (Lipinski definition) is 1. The van der Waals surface area contributed by atoms with Crippen molar-refractivity contribution in [3.05, 3.63) is 28.2 Å². The van der Waals surface area contributed by atoms with Crippen LogP contribution in [0.15, 0.2) is 22.7 Å². The van der Waals surface area contributed by atoms with Crippen molar-refractivity contribution in [3.63, 3.8) is 0 Å². The second kappa shape index (κ2) is 5.56. The molecule has 4 nitrogen and oxygen atoms in total. The molecule has 5 heteroatoms. The zero-order valence-electron chi connectivity index (χ0n) is 12.1. The van der Waals surface area contributed by atoms with E-state index in [-0.39, 0.29) is 17.7 Å². The summed E-state index contributed by atoms with van der Waals surface area (Å²) in [5, 5.41) is 2.75. The van der Waals surface area contributed by atoms with E-state index in [9.17, 15) is 9.59 Å². The Morgan fingerprint density at radius 2 is 1.95 bits per heavy atom. The van der Waals surface area contributed by atoms with Gasteiger partial charge in [0.05, 0.1) is 5.69 Å². The molecule has 0 aromatic heterocycles. The highest BCUT2D eigenvalue weighted by Gasteiger charge is 2.41. The normalized spacial score (nSPS) is 23.2. The van der Waals surface area contributed by atoms with E-state index in [4.69, 9.17) is 0 Å². The molecular formula is C15H19BrN2O2. The summed E-state index contributed by atoms with van der Waals surface area (Å²) in [6, 6.07) is 4.82. The summed E-state index contributed by atoms with van der Waals surface area (Å²) in [7, 11) is 0. The number of amides is 2. The number of benzene rings is 1. The maximum Gasteiger partial charge on any atom is 0.250 e. The number of hydrogen-bond acceptors (Lipinski definition) is 2. The number of rotatable bonds is 2. The highest BCUT2D eigenvalue weighted by Crippen LogP contribution is 2.32. The topological polar surface area (TPSA) is 49.4 Å². The molecule has 0 saturated carbocycles. The Morgan fingerprint density at radius 3 is 2.50 bits per heavy atom. The molecule has 1 aromatic rings. The van der Waals surface area contributed by atoms with Crippen LogP contribution in [0.25, 0.3) is 0 Å². The predicted octanol–water partition coefficient (Wildman–Crippen LogP) is 2.63. The third-order valence-corrected chi connectivity index (χ3v) is 4.14. The van der Waals surface area contributed by atoms with Crippen molar-refractivity contribution in [2.24, 2.45) is 5.92 Å². The molecule has 2 amide bonds. The molecule has 1 aliphatic heterocycles. The van der Waals surface area contributed by atoms with Crippen LogP contribution in [0, 0.1) is 12.8 Å². The van der Waals surface area contributed by atoms with Crippen molar-refractivity contribution in [2.45, 2.75) is 39.8 Å². The van der Waals surface area contributed by atoms with Gasteiger partial charge in [-0.1, -0.05) is 19.9 Å². The molecule has 0 radical (unpaired) electrons. The molecule has 1 aliphatic rings. The Hall–Kier alpha value is -1.36. The van der Waals surface area contributed by atoms with Crippen LogP contribution in [0.1, 0.15) is 26.3 Å². The van der Waals surface area contributed by atoms with Crippen LogP contribution in [0.3, 0.4) is 0 Å². The predicted molar refractivity (Wildman–Crippen MR) is 82.6 cm³/mol. The van der Waals surface area contributed by atoms with Crippen LogP contribution in [-0.2, 0) is 9.59 Å². The Bertz CT molecular complexity index is 557. The van der Waals surface area contributed by atoms with Crippen LogP contribution in [-0.4, -0.2) is 23.9 Å². The van der Waals surface area contributed by atoms with Crippen molar-refractivity contribution in [3.8, 4) is 0 Å². The first-order chi connectivity index (χ1) is 9.32. The minimum absolute atomic E-state index is 0.0413. The zero-order chi connectivity index (χ0) is 15.0. The van der Waals surface area contributed by atoms with E-state index < -0.39 is 12.1 Å². The average molecular weight is 339 g/mol. The third-order valence-electron chi connectivity index (χ3n) is 3.51. The van der Waals surface area contributed by atoms with E-state index in [0.717, 1.165) is 15.7 Å². The standard InChI is InChI=1S/C15H19BrN2O2/c1-8(2)13-14(19)17-10(4)15(20)18(13)12-6-5-9(3)7-11(12)16/h5-8,10,13H,1-4H3,(H,17,19). The monoisotopic (exact) mass is 338 g/mol. The van der Waals surface area contributed by atoms with Gasteiger partial charge in [-0.15, -0.1) is 0 Å². The van der Waals surface area contributed by atoms with Gasteiger partial charge in [0.1, 0.15) is 12.1 Å². The zero-order valence-corrected chi connectivity index (χ0v) is 13.7. The number of nitrogens with zero attached hydrogens (tertiary/aromatic N) is 1. The fourth-order valence-corrected chi connectivity index (χ4v) is 3.18. The number of anilines is 1. The molecule has 1 saturated heterocycles. The molecule has 0 bridgehead atoms. The van der Waals surface area contributed by atoms with Gasteiger partial charge in [-0.2, -0.15) is 0 Å². The van der Waals surface area contributed by atoms with Crippen molar-refractivity contribution in [1.29, 1.82) is 0 Å². The van der Waals surface area contributed by atoms with Crippen molar-refractivity contribution >= 4 is 33.4 Å². The van der Waals surface area contributed by atoms with E-state index in [2.05, 4.69) is 21.2 Å². The molecule has 0 spiro atoms. The molecule has 2 rings (SSSR count). The number of nitrogens with one attached hydrogen (secondary N) is 1. The van der Waals surface area contributed by atoms with Crippen LogP contribution in [0.5, 0.6) is 0 Å².